The summed E-state index contributed by atoms with van der Waals surface area (Å²) in [5, 5.41) is 1.11. The second-order valence-electron chi connectivity index (χ2n) is 11.1. The number of nitrogens with zero attached hydrogens (tertiary/aromatic N) is 2. The highest BCUT2D eigenvalue weighted by atomic mass is 35.5. The molecule has 46 heavy (non-hydrogen) atoms. The summed E-state index contributed by atoms with van der Waals surface area (Å²) in [5.74, 6) is 1.93. The summed E-state index contributed by atoms with van der Waals surface area (Å²) in [6.45, 7) is 2.63. The van der Waals surface area contributed by atoms with Crippen molar-refractivity contribution in [2.24, 2.45) is 4.99 Å². The van der Waals surface area contributed by atoms with Gasteiger partial charge in [-0.05, 0) is 84.5 Å². The van der Waals surface area contributed by atoms with Gasteiger partial charge in [0.2, 0.25) is 0 Å². The quantitative estimate of drug-likeness (QED) is 0.171. The van der Waals surface area contributed by atoms with E-state index in [1.807, 2.05) is 66.1 Å². The minimum atomic E-state index is -0.262. The van der Waals surface area contributed by atoms with E-state index in [0.29, 0.717) is 37.5 Å². The summed E-state index contributed by atoms with van der Waals surface area (Å²) in [6, 6.07) is 27.1. The number of aryl methyl sites for hydroxylation is 1. The number of hydrogen-bond acceptors (Lipinski definition) is 6. The average Bonchev–Trinajstić information content (AvgIpc) is 3.38. The third-order valence-electron chi connectivity index (χ3n) is 8.27. The van der Waals surface area contributed by atoms with Gasteiger partial charge in [-0.25, -0.2) is 4.99 Å². The summed E-state index contributed by atoms with van der Waals surface area (Å²) in [7, 11) is 1.65. The summed E-state index contributed by atoms with van der Waals surface area (Å²) in [5.41, 5.74) is 7.12. The van der Waals surface area contributed by atoms with Gasteiger partial charge in [-0.2, -0.15) is 0 Å². The molecule has 0 saturated carbocycles. The Morgan fingerprint density at radius 3 is 2.57 bits per heavy atom. The Hall–Kier alpha value is -4.30. The summed E-state index contributed by atoms with van der Waals surface area (Å²) in [6.07, 6.45) is 3.63. The fourth-order valence-corrected chi connectivity index (χ4v) is 7.52. The predicted molar refractivity (Wildman–Crippen MR) is 184 cm³/mol. The smallest absolute Gasteiger partial charge is 0.271 e. The first kappa shape index (κ1) is 30.4. The number of aromatic nitrogens is 1. The van der Waals surface area contributed by atoms with Crippen molar-refractivity contribution in [1.29, 1.82) is 0 Å². The van der Waals surface area contributed by atoms with E-state index in [1.54, 1.807) is 19.2 Å². The minimum absolute atomic E-state index is 0.0781. The van der Waals surface area contributed by atoms with Crippen LogP contribution < -0.4 is 29.1 Å². The van der Waals surface area contributed by atoms with E-state index in [-0.39, 0.29) is 18.2 Å². The highest BCUT2D eigenvalue weighted by Crippen LogP contribution is 2.41. The molecule has 0 radical (unpaired) electrons. The van der Waals surface area contributed by atoms with Crippen LogP contribution in [0.3, 0.4) is 0 Å². The maximum absolute atomic E-state index is 14.2. The fraction of sp³-hybridized carbons (Fsp3) is 0.189. The van der Waals surface area contributed by atoms with Crippen LogP contribution >= 0.6 is 34.5 Å². The molecule has 1 aliphatic heterocycles. The molecule has 5 aromatic rings. The van der Waals surface area contributed by atoms with E-state index >= 15 is 0 Å². The average molecular weight is 670 g/mol. The van der Waals surface area contributed by atoms with Crippen LogP contribution in [0.4, 0.5) is 0 Å². The molecule has 7 rings (SSSR count). The van der Waals surface area contributed by atoms with Gasteiger partial charge in [0.15, 0.2) is 16.3 Å². The van der Waals surface area contributed by atoms with Crippen LogP contribution in [0.15, 0.2) is 100 Å². The molecule has 232 valence electrons. The SMILES string of the molecule is CCOc1cc(/C=c2\sc3n(c2=O)[C@H](c2ccc(OC)cc2)C2=C(N=3)c3ccccc3CC2)ccc1OCc1ccc(Cl)cc1Cl. The summed E-state index contributed by atoms with van der Waals surface area (Å²) in [4.78, 5) is 20.0. The summed E-state index contributed by atoms with van der Waals surface area (Å²) >= 11 is 13.8. The zero-order chi connectivity index (χ0) is 31.8. The standard InChI is InChI=1S/C37H30Cl2N2O4S/c1-3-44-32-18-22(8-17-31(32)45-21-25-9-13-26(38)20-30(25)39)19-33-36(42)41-35(24-10-14-27(43-2)15-11-24)29-16-12-23-6-4-5-7-28(23)34(29)40-37(41)46-33/h4-11,13-15,17-20,35H,3,12,16,21H2,1-2H3/b33-19-/t35-/m1/s1. The number of hydrogen-bond donors (Lipinski definition) is 0. The zero-order valence-corrected chi connectivity index (χ0v) is 27.6. The third-order valence-corrected chi connectivity index (χ3v) is 9.84. The van der Waals surface area contributed by atoms with Crippen LogP contribution in [0.1, 0.15) is 47.2 Å². The Labute approximate surface area is 280 Å². The molecule has 1 aliphatic carbocycles. The largest absolute Gasteiger partial charge is 0.497 e. The maximum Gasteiger partial charge on any atom is 0.271 e. The second kappa shape index (κ2) is 12.8. The number of allylic oxidation sites excluding steroid dienone is 1. The number of rotatable bonds is 8. The van der Waals surface area contributed by atoms with Crippen LogP contribution in [0.25, 0.3) is 11.8 Å². The molecule has 0 bridgehead atoms. The molecule has 0 unspecified atom stereocenters. The zero-order valence-electron chi connectivity index (χ0n) is 25.3. The highest BCUT2D eigenvalue weighted by molar-refractivity contribution is 7.07. The van der Waals surface area contributed by atoms with Crippen molar-refractivity contribution in [3.63, 3.8) is 0 Å². The molecule has 0 amide bonds. The molecule has 2 heterocycles. The predicted octanol–water partition coefficient (Wildman–Crippen LogP) is 7.61. The van der Waals surface area contributed by atoms with Gasteiger partial charge in [-0.15, -0.1) is 0 Å². The molecule has 0 N–H and O–H groups in total. The molecule has 0 fully saturated rings. The number of fused-ring (bicyclic) bond motifs is 3. The van der Waals surface area contributed by atoms with Gasteiger partial charge >= 0.3 is 0 Å². The van der Waals surface area contributed by atoms with Crippen molar-refractivity contribution in [3.8, 4) is 17.2 Å². The molecule has 6 nitrogen and oxygen atoms in total. The lowest BCUT2D eigenvalue weighted by Gasteiger charge is -2.30. The Morgan fingerprint density at radius 1 is 0.957 bits per heavy atom. The van der Waals surface area contributed by atoms with Gasteiger partial charge in [0.25, 0.3) is 5.56 Å². The monoisotopic (exact) mass is 668 g/mol. The molecular formula is C37H30Cl2N2O4S. The van der Waals surface area contributed by atoms with E-state index in [9.17, 15) is 4.79 Å². The van der Waals surface area contributed by atoms with Crippen LogP contribution in [0, 0.1) is 0 Å². The molecule has 1 aromatic heterocycles. The van der Waals surface area contributed by atoms with Crippen molar-refractivity contribution >= 4 is 46.3 Å². The van der Waals surface area contributed by atoms with E-state index in [0.717, 1.165) is 52.1 Å². The van der Waals surface area contributed by atoms with Crippen molar-refractivity contribution < 1.29 is 14.2 Å². The van der Waals surface area contributed by atoms with E-state index < -0.39 is 0 Å². The first-order chi connectivity index (χ1) is 22.4. The lowest BCUT2D eigenvalue weighted by molar-refractivity contribution is 0.269. The second-order valence-corrected chi connectivity index (χ2v) is 12.9. The summed E-state index contributed by atoms with van der Waals surface area (Å²) < 4.78 is 19.9. The number of ether oxygens (including phenoxy) is 3. The normalized spacial score (nSPS) is 15.5. The Morgan fingerprint density at radius 2 is 1.78 bits per heavy atom. The molecule has 4 aromatic carbocycles. The molecule has 9 heteroatoms. The number of thiazole rings is 1. The van der Waals surface area contributed by atoms with E-state index in [4.69, 9.17) is 42.4 Å². The lowest BCUT2D eigenvalue weighted by atomic mass is 9.83. The van der Waals surface area contributed by atoms with Crippen LogP contribution in [-0.4, -0.2) is 18.3 Å². The lowest BCUT2D eigenvalue weighted by Crippen LogP contribution is -2.38. The van der Waals surface area contributed by atoms with Gasteiger partial charge in [0, 0.05) is 21.2 Å². The molecule has 2 aliphatic rings. The Bertz CT molecular complexity index is 2170. The molecule has 0 saturated heterocycles. The van der Waals surface area contributed by atoms with Gasteiger partial charge in [0.1, 0.15) is 12.4 Å². The number of benzene rings is 4. The molecule has 1 atom stereocenters. The van der Waals surface area contributed by atoms with Gasteiger partial charge in [-0.3, -0.25) is 9.36 Å². The van der Waals surface area contributed by atoms with Gasteiger partial charge < -0.3 is 14.2 Å². The maximum atomic E-state index is 14.2. The molecular weight excluding hydrogens is 639 g/mol. The Balaban J connectivity index is 1.30. The van der Waals surface area contributed by atoms with Crippen molar-refractivity contribution in [2.75, 3.05) is 13.7 Å². The van der Waals surface area contributed by atoms with Crippen LogP contribution in [0.5, 0.6) is 17.2 Å². The van der Waals surface area contributed by atoms with E-state index in [2.05, 4.69) is 24.3 Å². The first-order valence-electron chi connectivity index (χ1n) is 15.0. The fourth-order valence-electron chi connectivity index (χ4n) is 6.06. The number of halogens is 2. The number of methoxy groups -OCH3 is 1. The Kier molecular flexibility index (Phi) is 8.47. The molecule has 0 spiro atoms. The third kappa shape index (κ3) is 5.75. The van der Waals surface area contributed by atoms with Crippen molar-refractivity contribution in [3.05, 3.63) is 148 Å². The van der Waals surface area contributed by atoms with Crippen LogP contribution in [0.2, 0.25) is 10.0 Å². The van der Waals surface area contributed by atoms with Crippen molar-refractivity contribution in [1.82, 2.24) is 4.57 Å². The van der Waals surface area contributed by atoms with Gasteiger partial charge in [-0.1, -0.05) is 83.1 Å². The van der Waals surface area contributed by atoms with Crippen LogP contribution in [-0.2, 0) is 13.0 Å². The topological polar surface area (TPSA) is 62.0 Å². The van der Waals surface area contributed by atoms with Gasteiger partial charge in [0.05, 0.1) is 30.0 Å². The van der Waals surface area contributed by atoms with E-state index in [1.165, 1.54) is 16.9 Å². The highest BCUT2D eigenvalue weighted by Gasteiger charge is 2.32. The first-order valence-corrected chi connectivity index (χ1v) is 16.6. The minimum Gasteiger partial charge on any atom is -0.497 e. The van der Waals surface area contributed by atoms with Crippen molar-refractivity contribution in [2.45, 2.75) is 32.4 Å².